The molecule has 1 heteroatoms. The van der Waals surface area contributed by atoms with Crippen molar-refractivity contribution >= 4 is 5.78 Å². The van der Waals surface area contributed by atoms with Gasteiger partial charge in [-0.3, -0.25) is 4.79 Å². The smallest absolute Gasteiger partial charge is 0.132 e. The van der Waals surface area contributed by atoms with Gasteiger partial charge in [-0.1, -0.05) is 28.7 Å². The molecule has 0 saturated heterocycles. The van der Waals surface area contributed by atoms with E-state index >= 15 is 0 Å². The van der Waals surface area contributed by atoms with E-state index in [1.165, 1.54) is 0 Å². The van der Waals surface area contributed by atoms with E-state index in [4.69, 9.17) is 0 Å². The number of ketones is 1. The molecule has 1 unspecified atom stereocenters. The molecule has 0 aliphatic carbocycles. The molecular formula is C8H20O. The van der Waals surface area contributed by atoms with Gasteiger partial charge >= 0.3 is 0 Å². The lowest BCUT2D eigenvalue weighted by Crippen LogP contribution is -2.03. The van der Waals surface area contributed by atoms with Crippen molar-refractivity contribution in [3.05, 3.63) is 0 Å². The van der Waals surface area contributed by atoms with Gasteiger partial charge in [0, 0.05) is 5.92 Å². The third-order valence-corrected chi connectivity index (χ3v) is 1.31. The quantitative estimate of drug-likeness (QED) is 0.564. The van der Waals surface area contributed by atoms with E-state index < -0.39 is 0 Å². The average Bonchev–Trinajstić information content (AvgIpc) is 1.65. The summed E-state index contributed by atoms with van der Waals surface area (Å²) in [6, 6.07) is 0. The largest absolute Gasteiger partial charge is 0.300 e. The van der Waals surface area contributed by atoms with Crippen molar-refractivity contribution in [2.75, 3.05) is 0 Å². The summed E-state index contributed by atoms with van der Waals surface area (Å²) in [6.07, 6.45) is 0.968. The molecule has 0 aromatic heterocycles. The monoisotopic (exact) mass is 132 g/mol. The zero-order valence-electron chi connectivity index (χ0n) is 5.19. The highest BCUT2D eigenvalue weighted by atomic mass is 16.1. The predicted molar refractivity (Wildman–Crippen MR) is 43.6 cm³/mol. The summed E-state index contributed by atoms with van der Waals surface area (Å²) in [7, 11) is 0. The second kappa shape index (κ2) is 7.67. The normalized spacial score (nSPS) is 10.6. The molecule has 0 heterocycles. The number of Topliss-reactive ketones (excluding diaryl/α,β-unsaturated/α-hetero) is 1. The van der Waals surface area contributed by atoms with Crippen LogP contribution in [0, 0.1) is 5.92 Å². The fraction of sp³-hybridized carbons (Fsp3) is 0.875. The third kappa shape index (κ3) is 7.67. The van der Waals surface area contributed by atoms with Gasteiger partial charge in [-0.05, 0) is 13.3 Å². The van der Waals surface area contributed by atoms with Gasteiger partial charge in [-0.2, -0.15) is 0 Å². The number of rotatable bonds is 2. The SMILES string of the molecule is C.C.CCC(C)C(C)=O. The summed E-state index contributed by atoms with van der Waals surface area (Å²) >= 11 is 0. The highest BCUT2D eigenvalue weighted by molar-refractivity contribution is 5.77. The van der Waals surface area contributed by atoms with Crippen molar-refractivity contribution in [1.29, 1.82) is 0 Å². The first kappa shape index (κ1) is 15.9. The van der Waals surface area contributed by atoms with Gasteiger partial charge in [-0.15, -0.1) is 0 Å². The second-order valence-corrected chi connectivity index (χ2v) is 1.92. The lowest BCUT2D eigenvalue weighted by Gasteiger charge is -1.98. The van der Waals surface area contributed by atoms with E-state index in [0.717, 1.165) is 6.42 Å². The Kier molecular flexibility index (Phi) is 13.5. The van der Waals surface area contributed by atoms with Crippen molar-refractivity contribution in [3.8, 4) is 0 Å². The van der Waals surface area contributed by atoms with Crippen LogP contribution in [0.5, 0.6) is 0 Å². The number of hydrogen-bond acceptors (Lipinski definition) is 1. The summed E-state index contributed by atoms with van der Waals surface area (Å²) in [5.41, 5.74) is 0. The van der Waals surface area contributed by atoms with Gasteiger partial charge < -0.3 is 0 Å². The first-order chi connectivity index (χ1) is 3.18. The van der Waals surface area contributed by atoms with E-state index in [2.05, 4.69) is 0 Å². The molecule has 58 valence electrons. The predicted octanol–water partition coefficient (Wildman–Crippen LogP) is 2.89. The summed E-state index contributed by atoms with van der Waals surface area (Å²) in [5.74, 6) is 0.558. The van der Waals surface area contributed by atoms with Crippen LogP contribution in [0.3, 0.4) is 0 Å². The minimum Gasteiger partial charge on any atom is -0.300 e. The topological polar surface area (TPSA) is 17.1 Å². The third-order valence-electron chi connectivity index (χ3n) is 1.31. The molecule has 1 nitrogen and oxygen atoms in total. The Hall–Kier alpha value is -0.330. The molecule has 0 spiro atoms. The number of carbonyl (C=O) groups excluding carboxylic acids is 1. The summed E-state index contributed by atoms with van der Waals surface area (Å²) < 4.78 is 0. The summed E-state index contributed by atoms with van der Waals surface area (Å²) in [5, 5.41) is 0. The van der Waals surface area contributed by atoms with Crippen LogP contribution in [0.15, 0.2) is 0 Å². The Labute approximate surface area is 59.5 Å². The van der Waals surface area contributed by atoms with Gasteiger partial charge in [0.2, 0.25) is 0 Å². The highest BCUT2D eigenvalue weighted by Crippen LogP contribution is 1.99. The zero-order chi connectivity index (χ0) is 5.86. The van der Waals surface area contributed by atoms with Crippen molar-refractivity contribution in [2.24, 2.45) is 5.92 Å². The average molecular weight is 132 g/mol. The molecule has 0 aromatic rings. The minimum atomic E-state index is 0. The molecule has 0 aliphatic heterocycles. The number of carbonyl (C=O) groups is 1. The van der Waals surface area contributed by atoms with Gasteiger partial charge in [0.25, 0.3) is 0 Å². The zero-order valence-corrected chi connectivity index (χ0v) is 5.19. The maximum absolute atomic E-state index is 10.4. The van der Waals surface area contributed by atoms with E-state index in [9.17, 15) is 4.79 Å². The minimum absolute atomic E-state index is 0. The molecule has 0 N–H and O–H groups in total. The molecule has 0 rings (SSSR count). The lowest BCUT2D eigenvalue weighted by molar-refractivity contribution is -0.120. The van der Waals surface area contributed by atoms with E-state index in [1.807, 2.05) is 13.8 Å². The van der Waals surface area contributed by atoms with E-state index in [-0.39, 0.29) is 20.8 Å². The Morgan fingerprint density at radius 3 is 1.78 bits per heavy atom. The molecule has 0 bridgehead atoms. The van der Waals surface area contributed by atoms with Crippen molar-refractivity contribution in [3.63, 3.8) is 0 Å². The molecule has 0 radical (unpaired) electrons. The van der Waals surface area contributed by atoms with Crippen LogP contribution >= 0.6 is 0 Å². The van der Waals surface area contributed by atoms with E-state index in [0.29, 0.717) is 5.78 Å². The molecule has 0 aliphatic rings. The molecule has 1 atom stereocenters. The van der Waals surface area contributed by atoms with Crippen molar-refractivity contribution in [2.45, 2.75) is 42.0 Å². The fourth-order valence-corrected chi connectivity index (χ4v) is 0.287. The second-order valence-electron chi connectivity index (χ2n) is 1.92. The standard InChI is InChI=1S/C6H12O.2CH4/c1-4-5(2)6(3)7;;/h5H,4H2,1-3H3;2*1H4. The van der Waals surface area contributed by atoms with Gasteiger partial charge in [0.05, 0.1) is 0 Å². The Balaban J connectivity index is -0.000000180. The lowest BCUT2D eigenvalue weighted by atomic mass is 10.1. The number of hydrogen-bond donors (Lipinski definition) is 0. The molecule has 9 heavy (non-hydrogen) atoms. The van der Waals surface area contributed by atoms with Crippen LogP contribution in [-0.4, -0.2) is 5.78 Å². The molecule has 0 fully saturated rings. The van der Waals surface area contributed by atoms with Crippen LogP contribution in [-0.2, 0) is 4.79 Å². The van der Waals surface area contributed by atoms with Gasteiger partial charge in [0.15, 0.2) is 0 Å². The maximum atomic E-state index is 10.4. The van der Waals surface area contributed by atoms with Crippen LogP contribution in [0.25, 0.3) is 0 Å². The van der Waals surface area contributed by atoms with Crippen LogP contribution in [0.2, 0.25) is 0 Å². The molecule has 0 amide bonds. The van der Waals surface area contributed by atoms with Crippen LogP contribution < -0.4 is 0 Å². The fourth-order valence-electron chi connectivity index (χ4n) is 0.287. The van der Waals surface area contributed by atoms with Crippen LogP contribution in [0.1, 0.15) is 42.0 Å². The van der Waals surface area contributed by atoms with Gasteiger partial charge in [-0.25, -0.2) is 0 Å². The van der Waals surface area contributed by atoms with Crippen molar-refractivity contribution < 1.29 is 4.79 Å². The summed E-state index contributed by atoms with van der Waals surface area (Å²) in [4.78, 5) is 10.4. The highest BCUT2D eigenvalue weighted by Gasteiger charge is 2.01. The Morgan fingerprint density at radius 1 is 1.44 bits per heavy atom. The first-order valence-corrected chi connectivity index (χ1v) is 2.69. The molecular weight excluding hydrogens is 112 g/mol. The van der Waals surface area contributed by atoms with Gasteiger partial charge in [0.1, 0.15) is 5.78 Å². The Bertz CT molecular complexity index is 67.0. The first-order valence-electron chi connectivity index (χ1n) is 2.69. The molecule has 0 saturated carbocycles. The molecule has 0 aromatic carbocycles. The summed E-state index contributed by atoms with van der Waals surface area (Å²) in [6.45, 7) is 5.60. The van der Waals surface area contributed by atoms with Crippen LogP contribution in [0.4, 0.5) is 0 Å². The Morgan fingerprint density at radius 2 is 1.78 bits per heavy atom. The van der Waals surface area contributed by atoms with E-state index in [1.54, 1.807) is 6.92 Å². The van der Waals surface area contributed by atoms with Crippen molar-refractivity contribution in [1.82, 2.24) is 0 Å². The maximum Gasteiger partial charge on any atom is 0.132 e.